The molecule has 0 aliphatic carbocycles. The molecule has 0 spiro atoms. The highest BCUT2D eigenvalue weighted by Gasteiger charge is 2.10. The van der Waals surface area contributed by atoms with E-state index in [1.807, 2.05) is 6.07 Å². The summed E-state index contributed by atoms with van der Waals surface area (Å²) in [5, 5.41) is 0.517. The molecule has 2 N–H and O–H groups in total. The average Bonchev–Trinajstić information content (AvgIpc) is 2.23. The smallest absolute Gasteiger partial charge is 0.127 e. The Morgan fingerprint density at radius 3 is 2.80 bits per heavy atom. The largest absolute Gasteiger partial charge is 0.330 e. The van der Waals surface area contributed by atoms with Gasteiger partial charge in [0.25, 0.3) is 0 Å². The molecule has 3 heteroatoms. The first-order valence-electron chi connectivity index (χ1n) is 5.33. The number of thioether (sulfide) groups is 1. The molecule has 0 bridgehead atoms. The highest BCUT2D eigenvalue weighted by molar-refractivity contribution is 8.00. The quantitative estimate of drug-likeness (QED) is 0.782. The molecule has 15 heavy (non-hydrogen) atoms. The lowest BCUT2D eigenvalue weighted by Crippen LogP contribution is -2.06. The van der Waals surface area contributed by atoms with Crippen molar-refractivity contribution < 1.29 is 4.39 Å². The molecule has 0 heterocycles. The Morgan fingerprint density at radius 2 is 2.20 bits per heavy atom. The van der Waals surface area contributed by atoms with E-state index < -0.39 is 0 Å². The zero-order valence-corrected chi connectivity index (χ0v) is 10.1. The van der Waals surface area contributed by atoms with E-state index in [2.05, 4.69) is 13.8 Å². The number of nitrogens with two attached hydrogens (primary N) is 1. The highest BCUT2D eigenvalue weighted by Crippen LogP contribution is 2.29. The molecule has 0 fully saturated rings. The van der Waals surface area contributed by atoms with Crippen LogP contribution in [0.15, 0.2) is 23.1 Å². The molecule has 1 rings (SSSR count). The van der Waals surface area contributed by atoms with Crippen molar-refractivity contribution in [2.24, 2.45) is 5.73 Å². The van der Waals surface area contributed by atoms with Crippen LogP contribution in [0.5, 0.6) is 0 Å². The molecule has 1 unspecified atom stereocenters. The van der Waals surface area contributed by atoms with E-state index >= 15 is 0 Å². The van der Waals surface area contributed by atoms with Gasteiger partial charge in [-0.2, -0.15) is 0 Å². The maximum Gasteiger partial charge on any atom is 0.127 e. The van der Waals surface area contributed by atoms with Crippen molar-refractivity contribution in [1.82, 2.24) is 0 Å². The number of hydrogen-bond donors (Lipinski definition) is 1. The van der Waals surface area contributed by atoms with Gasteiger partial charge in [0, 0.05) is 15.7 Å². The maximum atomic E-state index is 13.5. The number of rotatable bonds is 5. The summed E-state index contributed by atoms with van der Waals surface area (Å²) in [7, 11) is 0. The molecule has 0 radical (unpaired) electrons. The molecule has 0 saturated heterocycles. The van der Waals surface area contributed by atoms with Crippen LogP contribution in [0, 0.1) is 5.82 Å². The van der Waals surface area contributed by atoms with E-state index in [1.54, 1.807) is 17.8 Å². The van der Waals surface area contributed by atoms with Gasteiger partial charge in [0.05, 0.1) is 0 Å². The molecule has 0 amide bonds. The first-order chi connectivity index (χ1) is 7.19. The van der Waals surface area contributed by atoms with Crippen LogP contribution in [0.25, 0.3) is 0 Å². The third-order valence-corrected chi connectivity index (χ3v) is 3.75. The standard InChI is InChI=1S/C12H18FNS/c1-3-9(2)15-12-6-4-5-11(13)10(12)7-8-14/h4-6,9H,3,7-8,14H2,1-2H3. The van der Waals surface area contributed by atoms with E-state index in [9.17, 15) is 4.39 Å². The predicted octanol–water partition coefficient (Wildman–Crippen LogP) is 3.22. The summed E-state index contributed by atoms with van der Waals surface area (Å²) < 4.78 is 13.5. The van der Waals surface area contributed by atoms with Crippen LogP contribution in [0.1, 0.15) is 25.8 Å². The van der Waals surface area contributed by atoms with Crippen molar-refractivity contribution in [2.75, 3.05) is 6.54 Å². The highest BCUT2D eigenvalue weighted by atomic mass is 32.2. The normalized spacial score (nSPS) is 12.8. The van der Waals surface area contributed by atoms with Crippen molar-refractivity contribution in [2.45, 2.75) is 36.8 Å². The van der Waals surface area contributed by atoms with Gasteiger partial charge in [0.2, 0.25) is 0 Å². The van der Waals surface area contributed by atoms with Gasteiger partial charge in [0.1, 0.15) is 5.82 Å². The summed E-state index contributed by atoms with van der Waals surface area (Å²) >= 11 is 1.73. The van der Waals surface area contributed by atoms with Crippen LogP contribution in [-0.2, 0) is 6.42 Å². The summed E-state index contributed by atoms with van der Waals surface area (Å²) in [6.45, 7) is 4.79. The number of halogens is 1. The van der Waals surface area contributed by atoms with Gasteiger partial charge >= 0.3 is 0 Å². The summed E-state index contributed by atoms with van der Waals surface area (Å²) in [4.78, 5) is 1.04. The molecule has 1 nitrogen and oxygen atoms in total. The fourth-order valence-electron chi connectivity index (χ4n) is 1.34. The molecule has 0 aliphatic rings. The van der Waals surface area contributed by atoms with Crippen LogP contribution in [-0.4, -0.2) is 11.8 Å². The number of hydrogen-bond acceptors (Lipinski definition) is 2. The predicted molar refractivity (Wildman–Crippen MR) is 64.8 cm³/mol. The van der Waals surface area contributed by atoms with Gasteiger partial charge in [-0.3, -0.25) is 0 Å². The van der Waals surface area contributed by atoms with Crippen molar-refractivity contribution in [3.05, 3.63) is 29.6 Å². The summed E-state index contributed by atoms with van der Waals surface area (Å²) in [5.41, 5.74) is 6.25. The number of benzene rings is 1. The van der Waals surface area contributed by atoms with E-state index in [0.717, 1.165) is 16.9 Å². The molecule has 0 aliphatic heterocycles. The van der Waals surface area contributed by atoms with E-state index in [4.69, 9.17) is 5.73 Å². The zero-order valence-electron chi connectivity index (χ0n) is 9.29. The second kappa shape index (κ2) is 6.13. The van der Waals surface area contributed by atoms with Gasteiger partial charge < -0.3 is 5.73 Å². The van der Waals surface area contributed by atoms with Crippen molar-refractivity contribution >= 4 is 11.8 Å². The Balaban J connectivity index is 2.89. The second-order valence-electron chi connectivity index (χ2n) is 3.59. The lowest BCUT2D eigenvalue weighted by molar-refractivity contribution is 0.603. The van der Waals surface area contributed by atoms with E-state index in [1.165, 1.54) is 6.07 Å². The van der Waals surface area contributed by atoms with Crippen LogP contribution >= 0.6 is 11.8 Å². The first kappa shape index (κ1) is 12.5. The van der Waals surface area contributed by atoms with E-state index in [0.29, 0.717) is 18.2 Å². The van der Waals surface area contributed by atoms with Crippen LogP contribution in [0.2, 0.25) is 0 Å². The minimum Gasteiger partial charge on any atom is -0.330 e. The fraction of sp³-hybridized carbons (Fsp3) is 0.500. The molecule has 0 saturated carbocycles. The Kier molecular flexibility index (Phi) is 5.12. The molecule has 0 aromatic heterocycles. The van der Waals surface area contributed by atoms with Crippen molar-refractivity contribution in [3.63, 3.8) is 0 Å². The molecule has 1 atom stereocenters. The lowest BCUT2D eigenvalue weighted by atomic mass is 10.1. The molecule has 1 aromatic carbocycles. The summed E-state index contributed by atoms with van der Waals surface area (Å²) in [5.74, 6) is -0.131. The SMILES string of the molecule is CCC(C)Sc1cccc(F)c1CCN. The van der Waals surface area contributed by atoms with Crippen LogP contribution < -0.4 is 5.73 Å². The van der Waals surface area contributed by atoms with Gasteiger partial charge in [-0.1, -0.05) is 19.9 Å². The molecular weight excluding hydrogens is 209 g/mol. The second-order valence-corrected chi connectivity index (χ2v) is 5.07. The monoisotopic (exact) mass is 227 g/mol. The maximum absolute atomic E-state index is 13.5. The first-order valence-corrected chi connectivity index (χ1v) is 6.21. The Bertz CT molecular complexity index is 314. The Hall–Kier alpha value is -0.540. The third-order valence-electron chi connectivity index (χ3n) is 2.37. The fourth-order valence-corrected chi connectivity index (χ4v) is 2.44. The third kappa shape index (κ3) is 3.50. The minimum absolute atomic E-state index is 0.131. The van der Waals surface area contributed by atoms with E-state index in [-0.39, 0.29) is 5.82 Å². The Labute approximate surface area is 95.2 Å². The lowest BCUT2D eigenvalue weighted by Gasteiger charge is -2.13. The van der Waals surface area contributed by atoms with Gasteiger partial charge in [-0.15, -0.1) is 11.8 Å². The van der Waals surface area contributed by atoms with Crippen LogP contribution in [0.3, 0.4) is 0 Å². The average molecular weight is 227 g/mol. The molecular formula is C12H18FNS. The Morgan fingerprint density at radius 1 is 1.47 bits per heavy atom. The summed E-state index contributed by atoms with van der Waals surface area (Å²) in [6, 6.07) is 5.25. The van der Waals surface area contributed by atoms with Gasteiger partial charge in [-0.25, -0.2) is 4.39 Å². The summed E-state index contributed by atoms with van der Waals surface area (Å²) in [6.07, 6.45) is 1.70. The minimum atomic E-state index is -0.131. The van der Waals surface area contributed by atoms with Gasteiger partial charge in [0.15, 0.2) is 0 Å². The molecule has 1 aromatic rings. The van der Waals surface area contributed by atoms with Crippen molar-refractivity contribution in [3.8, 4) is 0 Å². The topological polar surface area (TPSA) is 26.0 Å². The van der Waals surface area contributed by atoms with Crippen molar-refractivity contribution in [1.29, 1.82) is 0 Å². The van der Waals surface area contributed by atoms with Gasteiger partial charge in [-0.05, 0) is 31.5 Å². The molecule has 84 valence electrons. The zero-order chi connectivity index (χ0) is 11.3. The van der Waals surface area contributed by atoms with Crippen LogP contribution in [0.4, 0.5) is 4.39 Å².